The van der Waals surface area contributed by atoms with Crippen LogP contribution in [0.4, 0.5) is 10.6 Å². The summed E-state index contributed by atoms with van der Waals surface area (Å²) in [6.45, 7) is 0. The Hall–Kier alpha value is -2.57. The van der Waals surface area contributed by atoms with Crippen LogP contribution in [0, 0.1) is 0 Å². The Morgan fingerprint density at radius 3 is 2.94 bits per heavy atom. The maximum atomic E-state index is 11.0. The predicted molar refractivity (Wildman–Crippen MR) is 58.2 cm³/mol. The van der Waals surface area contributed by atoms with Crippen LogP contribution < -0.4 is 5.32 Å². The zero-order valence-electron chi connectivity index (χ0n) is 8.88. The number of aromatic carboxylic acids is 1. The molecule has 0 saturated carbocycles. The van der Waals surface area contributed by atoms with Gasteiger partial charge in [-0.2, -0.15) is 0 Å². The number of amides is 1. The van der Waals surface area contributed by atoms with Crippen molar-refractivity contribution in [3.63, 3.8) is 0 Å². The second-order valence-electron chi connectivity index (χ2n) is 3.21. The molecule has 2 aromatic heterocycles. The average Bonchev–Trinajstić information content (AvgIpc) is 2.71. The SMILES string of the molecule is COC(=O)Nc1cnc2cc(C(=O)O)ccn12. The van der Waals surface area contributed by atoms with Gasteiger partial charge in [0.15, 0.2) is 0 Å². The first kappa shape index (κ1) is 10.9. The summed E-state index contributed by atoms with van der Waals surface area (Å²) in [5.41, 5.74) is 0.559. The van der Waals surface area contributed by atoms with Gasteiger partial charge in [-0.05, 0) is 12.1 Å². The van der Waals surface area contributed by atoms with Crippen molar-refractivity contribution in [2.24, 2.45) is 0 Å². The number of rotatable bonds is 2. The molecule has 7 heteroatoms. The maximum absolute atomic E-state index is 11.0. The number of fused-ring (bicyclic) bond motifs is 1. The molecule has 0 atom stereocenters. The summed E-state index contributed by atoms with van der Waals surface area (Å²) in [6, 6.07) is 2.82. The quantitative estimate of drug-likeness (QED) is 0.816. The summed E-state index contributed by atoms with van der Waals surface area (Å²) in [5, 5.41) is 11.3. The molecule has 0 unspecified atom stereocenters. The van der Waals surface area contributed by atoms with E-state index in [1.165, 1.54) is 31.6 Å². The number of methoxy groups -OCH3 is 1. The Kier molecular flexibility index (Phi) is 2.65. The standard InChI is InChI=1S/C10H9N3O4/c1-17-10(16)12-8-5-11-7-4-6(9(14)15)2-3-13(7)8/h2-5H,1H3,(H,12,16)(H,14,15). The minimum absolute atomic E-state index is 0.132. The number of nitrogens with zero attached hydrogens (tertiary/aromatic N) is 2. The predicted octanol–water partition coefficient (Wildman–Crippen LogP) is 1.21. The lowest BCUT2D eigenvalue weighted by atomic mass is 10.3. The molecule has 0 bridgehead atoms. The molecule has 0 aromatic carbocycles. The molecule has 7 nitrogen and oxygen atoms in total. The molecule has 0 aliphatic heterocycles. The molecule has 0 fully saturated rings. The van der Waals surface area contributed by atoms with Crippen LogP contribution in [0.3, 0.4) is 0 Å². The average molecular weight is 235 g/mol. The van der Waals surface area contributed by atoms with Crippen molar-refractivity contribution in [2.45, 2.75) is 0 Å². The number of ether oxygens (including phenoxy) is 1. The van der Waals surface area contributed by atoms with E-state index in [4.69, 9.17) is 5.11 Å². The molecule has 0 spiro atoms. The first-order valence-corrected chi connectivity index (χ1v) is 4.67. The zero-order chi connectivity index (χ0) is 12.4. The van der Waals surface area contributed by atoms with Crippen molar-refractivity contribution in [3.8, 4) is 0 Å². The van der Waals surface area contributed by atoms with Crippen molar-refractivity contribution in [1.29, 1.82) is 0 Å². The van der Waals surface area contributed by atoms with Gasteiger partial charge in [-0.1, -0.05) is 0 Å². The maximum Gasteiger partial charge on any atom is 0.412 e. The summed E-state index contributed by atoms with van der Waals surface area (Å²) in [5.74, 6) is -0.623. The monoisotopic (exact) mass is 235 g/mol. The van der Waals surface area contributed by atoms with Crippen LogP contribution in [0.2, 0.25) is 0 Å². The van der Waals surface area contributed by atoms with Gasteiger partial charge in [0, 0.05) is 6.20 Å². The van der Waals surface area contributed by atoms with Crippen molar-refractivity contribution in [2.75, 3.05) is 12.4 Å². The molecular weight excluding hydrogens is 226 g/mol. The van der Waals surface area contributed by atoms with E-state index in [9.17, 15) is 9.59 Å². The number of anilines is 1. The molecule has 2 rings (SSSR count). The molecule has 0 aliphatic rings. The Morgan fingerprint density at radius 2 is 2.29 bits per heavy atom. The van der Waals surface area contributed by atoms with E-state index in [0.29, 0.717) is 11.5 Å². The van der Waals surface area contributed by atoms with E-state index in [1.807, 2.05) is 0 Å². The number of imidazole rings is 1. The number of carbonyl (C=O) groups is 2. The summed E-state index contributed by atoms with van der Waals surface area (Å²) in [6.07, 6.45) is 2.31. The van der Waals surface area contributed by atoms with Crippen LogP contribution in [-0.4, -0.2) is 33.7 Å². The number of carbonyl (C=O) groups excluding carboxylic acids is 1. The van der Waals surface area contributed by atoms with Crippen LogP contribution in [0.25, 0.3) is 5.65 Å². The third kappa shape index (κ3) is 2.03. The summed E-state index contributed by atoms with van der Waals surface area (Å²) in [4.78, 5) is 25.8. The minimum Gasteiger partial charge on any atom is -0.478 e. The number of pyridine rings is 1. The molecule has 0 aliphatic carbocycles. The molecule has 0 saturated heterocycles. The van der Waals surface area contributed by atoms with E-state index in [1.54, 1.807) is 4.40 Å². The normalized spacial score (nSPS) is 10.2. The van der Waals surface area contributed by atoms with Crippen LogP contribution >= 0.6 is 0 Å². The van der Waals surface area contributed by atoms with E-state index in [0.717, 1.165) is 0 Å². The van der Waals surface area contributed by atoms with E-state index in [2.05, 4.69) is 15.0 Å². The lowest BCUT2D eigenvalue weighted by Crippen LogP contribution is -2.12. The second-order valence-corrected chi connectivity index (χ2v) is 3.21. The fraction of sp³-hybridized carbons (Fsp3) is 0.100. The van der Waals surface area contributed by atoms with Gasteiger partial charge in [-0.15, -0.1) is 0 Å². The van der Waals surface area contributed by atoms with Crippen molar-refractivity contribution in [3.05, 3.63) is 30.1 Å². The molecule has 17 heavy (non-hydrogen) atoms. The Morgan fingerprint density at radius 1 is 1.53 bits per heavy atom. The number of nitrogens with one attached hydrogen (secondary N) is 1. The number of aromatic nitrogens is 2. The molecule has 1 amide bonds. The second kappa shape index (κ2) is 4.12. The molecule has 2 heterocycles. The highest BCUT2D eigenvalue weighted by molar-refractivity contribution is 5.89. The van der Waals surface area contributed by atoms with Gasteiger partial charge in [0.25, 0.3) is 0 Å². The molecule has 2 aromatic rings. The molecular formula is C10H9N3O4. The van der Waals surface area contributed by atoms with Crippen LogP contribution in [0.5, 0.6) is 0 Å². The molecule has 88 valence electrons. The van der Waals surface area contributed by atoms with Crippen LogP contribution in [0.15, 0.2) is 24.5 Å². The Bertz CT molecular complexity index is 590. The molecule has 0 radical (unpaired) electrons. The lowest BCUT2D eigenvalue weighted by Gasteiger charge is -2.03. The first-order chi connectivity index (χ1) is 8.11. The van der Waals surface area contributed by atoms with Gasteiger partial charge in [0.2, 0.25) is 0 Å². The van der Waals surface area contributed by atoms with Crippen LogP contribution in [-0.2, 0) is 4.74 Å². The van der Waals surface area contributed by atoms with Gasteiger partial charge in [0.05, 0.1) is 18.9 Å². The van der Waals surface area contributed by atoms with Crippen molar-refractivity contribution < 1.29 is 19.4 Å². The van der Waals surface area contributed by atoms with Gasteiger partial charge < -0.3 is 9.84 Å². The topological polar surface area (TPSA) is 92.9 Å². The van der Waals surface area contributed by atoms with E-state index in [-0.39, 0.29) is 5.56 Å². The summed E-state index contributed by atoms with van der Waals surface area (Å²) >= 11 is 0. The number of hydrogen-bond donors (Lipinski definition) is 2. The number of carboxylic acids is 1. The fourth-order valence-electron chi connectivity index (χ4n) is 1.36. The van der Waals surface area contributed by atoms with Crippen molar-refractivity contribution in [1.82, 2.24) is 9.38 Å². The third-order valence-electron chi connectivity index (χ3n) is 2.18. The number of hydrogen-bond acceptors (Lipinski definition) is 4. The lowest BCUT2D eigenvalue weighted by molar-refractivity contribution is 0.0697. The largest absolute Gasteiger partial charge is 0.478 e. The van der Waals surface area contributed by atoms with E-state index < -0.39 is 12.1 Å². The number of carboxylic acid groups (broad SMARTS) is 1. The highest BCUT2D eigenvalue weighted by atomic mass is 16.5. The third-order valence-corrected chi connectivity index (χ3v) is 2.18. The van der Waals surface area contributed by atoms with Crippen molar-refractivity contribution >= 4 is 23.5 Å². The van der Waals surface area contributed by atoms with Gasteiger partial charge in [-0.3, -0.25) is 9.72 Å². The smallest absolute Gasteiger partial charge is 0.412 e. The first-order valence-electron chi connectivity index (χ1n) is 4.67. The fourth-order valence-corrected chi connectivity index (χ4v) is 1.36. The highest BCUT2D eigenvalue weighted by Gasteiger charge is 2.09. The van der Waals surface area contributed by atoms with Gasteiger partial charge >= 0.3 is 12.1 Å². The van der Waals surface area contributed by atoms with E-state index >= 15 is 0 Å². The summed E-state index contributed by atoms with van der Waals surface area (Å²) in [7, 11) is 1.25. The van der Waals surface area contributed by atoms with Gasteiger partial charge in [-0.25, -0.2) is 14.6 Å². The van der Waals surface area contributed by atoms with Gasteiger partial charge in [0.1, 0.15) is 11.5 Å². The zero-order valence-corrected chi connectivity index (χ0v) is 8.88. The Balaban J connectivity index is 2.41. The van der Waals surface area contributed by atoms with Crippen LogP contribution in [0.1, 0.15) is 10.4 Å². The highest BCUT2D eigenvalue weighted by Crippen LogP contribution is 2.13. The molecule has 2 N–H and O–H groups in total. The minimum atomic E-state index is -1.03. The Labute approximate surface area is 95.6 Å². The summed E-state index contributed by atoms with van der Waals surface area (Å²) < 4.78 is 5.99.